The van der Waals surface area contributed by atoms with E-state index < -0.39 is 32.7 Å². The maximum Gasteiger partial charge on any atom is 0.245 e. The van der Waals surface area contributed by atoms with Crippen LogP contribution in [-0.2, 0) is 21.2 Å². The number of amides is 1. The summed E-state index contributed by atoms with van der Waals surface area (Å²) in [5, 5.41) is 2.70. The Balaban J connectivity index is 1.92. The number of methoxy groups -OCH3 is 3. The van der Waals surface area contributed by atoms with Crippen LogP contribution >= 0.6 is 0 Å². The fourth-order valence-corrected chi connectivity index (χ4v) is 4.67. The van der Waals surface area contributed by atoms with Gasteiger partial charge in [0.2, 0.25) is 15.9 Å². The van der Waals surface area contributed by atoms with E-state index in [-0.39, 0.29) is 12.2 Å². The SMILES string of the molecule is COc1ccc(NC(=O)C(Cc2ccccc2)NS(=O)(=O)c2cc(F)ccc2OC)cc1OC. The minimum absolute atomic E-state index is 0.0485. The molecule has 1 atom stereocenters. The van der Waals surface area contributed by atoms with Crippen LogP contribution < -0.4 is 24.2 Å². The Morgan fingerprint density at radius 3 is 2.18 bits per heavy atom. The molecule has 10 heteroatoms. The Labute approximate surface area is 197 Å². The largest absolute Gasteiger partial charge is 0.495 e. The highest BCUT2D eigenvalue weighted by Crippen LogP contribution is 2.30. The van der Waals surface area contributed by atoms with Crippen LogP contribution in [0.4, 0.5) is 10.1 Å². The van der Waals surface area contributed by atoms with Crippen molar-refractivity contribution in [3.63, 3.8) is 0 Å². The van der Waals surface area contributed by atoms with Gasteiger partial charge in [-0.15, -0.1) is 0 Å². The number of hydrogen-bond donors (Lipinski definition) is 2. The van der Waals surface area contributed by atoms with Crippen molar-refractivity contribution in [1.29, 1.82) is 0 Å². The molecule has 3 rings (SSSR count). The van der Waals surface area contributed by atoms with Crippen molar-refractivity contribution in [2.24, 2.45) is 0 Å². The molecular formula is C24H25FN2O6S. The Kier molecular flexibility index (Phi) is 8.08. The lowest BCUT2D eigenvalue weighted by Gasteiger charge is -2.20. The summed E-state index contributed by atoms with van der Waals surface area (Å²) in [7, 11) is -0.103. The van der Waals surface area contributed by atoms with Gasteiger partial charge in [-0.3, -0.25) is 4.79 Å². The van der Waals surface area contributed by atoms with Crippen LogP contribution in [0.15, 0.2) is 71.6 Å². The van der Waals surface area contributed by atoms with Crippen LogP contribution in [0.25, 0.3) is 0 Å². The first-order chi connectivity index (χ1) is 16.3. The van der Waals surface area contributed by atoms with Crippen molar-refractivity contribution in [1.82, 2.24) is 4.72 Å². The number of carbonyl (C=O) groups excluding carboxylic acids is 1. The van der Waals surface area contributed by atoms with Gasteiger partial charge in [-0.25, -0.2) is 12.8 Å². The molecule has 0 spiro atoms. The van der Waals surface area contributed by atoms with Crippen LogP contribution in [-0.4, -0.2) is 41.7 Å². The molecule has 0 bridgehead atoms. The van der Waals surface area contributed by atoms with Gasteiger partial charge in [0.15, 0.2) is 11.5 Å². The van der Waals surface area contributed by atoms with Crippen LogP contribution in [0.3, 0.4) is 0 Å². The highest BCUT2D eigenvalue weighted by Gasteiger charge is 2.29. The Morgan fingerprint density at radius 1 is 0.882 bits per heavy atom. The first-order valence-electron chi connectivity index (χ1n) is 10.2. The molecule has 180 valence electrons. The molecule has 34 heavy (non-hydrogen) atoms. The minimum Gasteiger partial charge on any atom is -0.495 e. The molecule has 3 aromatic rings. The third kappa shape index (κ3) is 6.03. The molecule has 2 N–H and O–H groups in total. The van der Waals surface area contributed by atoms with Crippen LogP contribution in [0.2, 0.25) is 0 Å². The lowest BCUT2D eigenvalue weighted by Crippen LogP contribution is -2.45. The second-order valence-electron chi connectivity index (χ2n) is 7.22. The molecule has 1 amide bonds. The summed E-state index contributed by atoms with van der Waals surface area (Å²) in [5.41, 5.74) is 1.10. The predicted octanol–water partition coefficient (Wildman–Crippen LogP) is 3.38. The first-order valence-corrected chi connectivity index (χ1v) is 11.7. The van der Waals surface area contributed by atoms with Gasteiger partial charge < -0.3 is 19.5 Å². The van der Waals surface area contributed by atoms with Gasteiger partial charge in [0, 0.05) is 11.8 Å². The molecule has 8 nitrogen and oxygen atoms in total. The normalized spacial score (nSPS) is 12.0. The molecular weight excluding hydrogens is 463 g/mol. The van der Waals surface area contributed by atoms with Gasteiger partial charge in [0.1, 0.15) is 22.5 Å². The highest BCUT2D eigenvalue weighted by atomic mass is 32.2. The fourth-order valence-electron chi connectivity index (χ4n) is 3.29. The van der Waals surface area contributed by atoms with Crippen LogP contribution in [0.5, 0.6) is 17.2 Å². The van der Waals surface area contributed by atoms with Gasteiger partial charge >= 0.3 is 0 Å². The third-order valence-corrected chi connectivity index (χ3v) is 6.46. The van der Waals surface area contributed by atoms with Gasteiger partial charge in [-0.2, -0.15) is 4.72 Å². The van der Waals surface area contributed by atoms with Crippen molar-refractivity contribution >= 4 is 21.6 Å². The number of carbonyl (C=O) groups is 1. The fraction of sp³-hybridized carbons (Fsp3) is 0.208. The Hall–Kier alpha value is -3.63. The summed E-state index contributed by atoms with van der Waals surface area (Å²) in [6, 6.07) is 15.6. The second kappa shape index (κ2) is 11.0. The smallest absolute Gasteiger partial charge is 0.245 e. The van der Waals surface area contributed by atoms with Gasteiger partial charge in [0.05, 0.1) is 21.3 Å². The summed E-state index contributed by atoms with van der Waals surface area (Å²) >= 11 is 0. The van der Waals surface area contributed by atoms with E-state index in [1.165, 1.54) is 27.4 Å². The highest BCUT2D eigenvalue weighted by molar-refractivity contribution is 7.89. The van der Waals surface area contributed by atoms with E-state index in [0.717, 1.165) is 17.7 Å². The molecule has 1 unspecified atom stereocenters. The number of halogens is 1. The number of sulfonamides is 1. The number of hydrogen-bond acceptors (Lipinski definition) is 6. The standard InChI is InChI=1S/C24H25FN2O6S/c1-31-20-12-10-18(15-22(20)33-3)26-24(28)19(13-16-7-5-4-6-8-16)27-34(29,30)23-14-17(25)9-11-21(23)32-2/h4-12,14-15,19,27H,13H2,1-3H3,(H,26,28). The predicted molar refractivity (Wildman–Crippen MR) is 125 cm³/mol. The molecule has 0 saturated heterocycles. The molecule has 0 aliphatic heterocycles. The Bertz CT molecular complexity index is 1250. The lowest BCUT2D eigenvalue weighted by atomic mass is 10.1. The summed E-state index contributed by atoms with van der Waals surface area (Å²) in [6.45, 7) is 0. The quantitative estimate of drug-likeness (QED) is 0.454. The average molecular weight is 489 g/mol. The summed E-state index contributed by atoms with van der Waals surface area (Å²) in [4.78, 5) is 12.8. The molecule has 0 aliphatic rings. The summed E-state index contributed by atoms with van der Waals surface area (Å²) < 4.78 is 58.0. The van der Waals surface area contributed by atoms with Crippen LogP contribution in [0, 0.1) is 5.82 Å². The number of rotatable bonds is 10. The zero-order valence-corrected chi connectivity index (χ0v) is 19.7. The van der Waals surface area contributed by atoms with Crippen molar-refractivity contribution in [3.8, 4) is 17.2 Å². The van der Waals surface area contributed by atoms with E-state index in [2.05, 4.69) is 10.0 Å². The van der Waals surface area contributed by atoms with E-state index in [4.69, 9.17) is 14.2 Å². The molecule has 0 radical (unpaired) electrons. The van der Waals surface area contributed by atoms with Crippen molar-refractivity contribution < 1.29 is 31.8 Å². The van der Waals surface area contributed by atoms with E-state index in [0.29, 0.717) is 17.2 Å². The molecule has 0 aromatic heterocycles. The maximum absolute atomic E-state index is 13.8. The van der Waals surface area contributed by atoms with Gasteiger partial charge in [-0.1, -0.05) is 30.3 Å². The second-order valence-corrected chi connectivity index (χ2v) is 8.90. The third-order valence-electron chi connectivity index (χ3n) is 4.96. The monoisotopic (exact) mass is 488 g/mol. The average Bonchev–Trinajstić information content (AvgIpc) is 2.84. The zero-order valence-electron chi connectivity index (χ0n) is 18.9. The molecule has 0 saturated carbocycles. The topological polar surface area (TPSA) is 103 Å². The molecule has 0 heterocycles. The van der Waals surface area contributed by atoms with Crippen molar-refractivity contribution in [3.05, 3.63) is 78.1 Å². The van der Waals surface area contributed by atoms with E-state index in [9.17, 15) is 17.6 Å². The Morgan fingerprint density at radius 2 is 1.53 bits per heavy atom. The number of benzene rings is 3. The maximum atomic E-state index is 13.8. The van der Waals surface area contributed by atoms with Crippen molar-refractivity contribution in [2.45, 2.75) is 17.4 Å². The van der Waals surface area contributed by atoms with Crippen LogP contribution in [0.1, 0.15) is 5.56 Å². The number of nitrogens with one attached hydrogen (secondary N) is 2. The number of ether oxygens (including phenoxy) is 3. The summed E-state index contributed by atoms with van der Waals surface area (Å²) in [5.74, 6) is -0.552. The van der Waals surface area contributed by atoms with Gasteiger partial charge in [0.25, 0.3) is 0 Å². The first kappa shape index (κ1) is 25.0. The van der Waals surface area contributed by atoms with E-state index >= 15 is 0 Å². The van der Waals surface area contributed by atoms with E-state index in [1.54, 1.807) is 42.5 Å². The van der Waals surface area contributed by atoms with Gasteiger partial charge in [-0.05, 0) is 42.3 Å². The number of anilines is 1. The summed E-state index contributed by atoms with van der Waals surface area (Å²) in [6.07, 6.45) is 0.0524. The molecule has 3 aromatic carbocycles. The zero-order chi connectivity index (χ0) is 24.7. The molecule has 0 aliphatic carbocycles. The van der Waals surface area contributed by atoms with Crippen molar-refractivity contribution in [2.75, 3.05) is 26.6 Å². The molecule has 0 fully saturated rings. The minimum atomic E-state index is -4.33. The van der Waals surface area contributed by atoms with E-state index in [1.807, 2.05) is 6.07 Å². The lowest BCUT2D eigenvalue weighted by molar-refractivity contribution is -0.117.